The highest BCUT2D eigenvalue weighted by Gasteiger charge is 2.28. The molecular formula is C6H8FO2. The topological polar surface area (TPSA) is 26.3 Å². The maximum atomic E-state index is 12.5. The maximum absolute atomic E-state index is 12.5. The van der Waals surface area contributed by atoms with Crippen molar-refractivity contribution in [1.29, 1.82) is 0 Å². The number of ether oxygens (including phenoxy) is 1. The van der Waals surface area contributed by atoms with Crippen molar-refractivity contribution in [1.82, 2.24) is 0 Å². The summed E-state index contributed by atoms with van der Waals surface area (Å²) >= 11 is 0. The molecule has 9 heavy (non-hydrogen) atoms. The largest absolute Gasteiger partial charge is 0.451 e. The number of carbonyl (C=O) groups excluding carboxylic acids is 1. The first-order chi connectivity index (χ1) is 4.34. The molecule has 0 amide bonds. The fraction of sp³-hybridized carbons (Fsp3) is 0.833. The monoisotopic (exact) mass is 131 g/mol. The van der Waals surface area contributed by atoms with Crippen molar-refractivity contribution in [2.24, 2.45) is 0 Å². The van der Waals surface area contributed by atoms with Crippen molar-refractivity contribution >= 4 is 6.47 Å². The van der Waals surface area contributed by atoms with Gasteiger partial charge in [-0.2, -0.15) is 0 Å². The molecule has 0 aromatic rings. The normalized spacial score (nSPS) is 34.3. The Kier molecular flexibility index (Phi) is 2.03. The van der Waals surface area contributed by atoms with Crippen LogP contribution < -0.4 is 0 Å². The molecule has 1 fully saturated rings. The summed E-state index contributed by atoms with van der Waals surface area (Å²) in [5.74, 6) is 0. The molecule has 2 unspecified atom stereocenters. The van der Waals surface area contributed by atoms with Crippen molar-refractivity contribution in [2.45, 2.75) is 31.5 Å². The number of hydrogen-bond donors (Lipinski definition) is 0. The third-order valence-corrected chi connectivity index (χ3v) is 1.57. The molecule has 0 heterocycles. The van der Waals surface area contributed by atoms with E-state index in [4.69, 9.17) is 0 Å². The number of hydrogen-bond acceptors (Lipinski definition) is 2. The average molecular weight is 131 g/mol. The summed E-state index contributed by atoms with van der Waals surface area (Å²) in [6, 6.07) is 0. The van der Waals surface area contributed by atoms with Crippen LogP contribution in [0.15, 0.2) is 0 Å². The summed E-state index contributed by atoms with van der Waals surface area (Å²) in [6.45, 7) is 1.25. The molecule has 0 aliphatic heterocycles. The van der Waals surface area contributed by atoms with E-state index in [2.05, 4.69) is 4.74 Å². The van der Waals surface area contributed by atoms with Crippen LogP contribution in [0.2, 0.25) is 0 Å². The predicted octanol–water partition coefficient (Wildman–Crippen LogP) is 0.961. The van der Waals surface area contributed by atoms with Gasteiger partial charge in [-0.1, -0.05) is 0 Å². The first kappa shape index (κ1) is 6.52. The van der Waals surface area contributed by atoms with Gasteiger partial charge in [0.1, 0.15) is 12.3 Å². The standard InChI is InChI=1S/C6H8FO2/c7-5-2-1-3-6(5)9-4-8/h5-6H,1-3H2. The van der Waals surface area contributed by atoms with Crippen LogP contribution in [0.25, 0.3) is 0 Å². The van der Waals surface area contributed by atoms with E-state index < -0.39 is 12.3 Å². The molecule has 0 aromatic carbocycles. The molecule has 0 aromatic heterocycles. The summed E-state index contributed by atoms with van der Waals surface area (Å²) in [6.07, 6.45) is 0.518. The van der Waals surface area contributed by atoms with Crippen LogP contribution in [0.4, 0.5) is 4.39 Å². The number of rotatable bonds is 2. The highest BCUT2D eigenvalue weighted by Crippen LogP contribution is 2.23. The highest BCUT2D eigenvalue weighted by molar-refractivity contribution is 5.38. The van der Waals surface area contributed by atoms with E-state index >= 15 is 0 Å². The van der Waals surface area contributed by atoms with Gasteiger partial charge in [0.05, 0.1) is 0 Å². The van der Waals surface area contributed by atoms with E-state index in [9.17, 15) is 9.18 Å². The molecule has 2 nitrogen and oxygen atoms in total. The SMILES string of the molecule is O=[C]OC1CCCC1F. The molecule has 1 rings (SSSR count). The second-order valence-corrected chi connectivity index (χ2v) is 2.19. The summed E-state index contributed by atoms with van der Waals surface area (Å²) in [5.41, 5.74) is 0. The van der Waals surface area contributed by atoms with Gasteiger partial charge in [-0.05, 0) is 19.3 Å². The molecule has 0 spiro atoms. The molecule has 0 saturated heterocycles. The van der Waals surface area contributed by atoms with Crippen molar-refractivity contribution in [2.75, 3.05) is 0 Å². The fourth-order valence-electron chi connectivity index (χ4n) is 1.08. The van der Waals surface area contributed by atoms with Crippen LogP contribution in [-0.4, -0.2) is 18.7 Å². The van der Waals surface area contributed by atoms with Gasteiger partial charge in [-0.25, -0.2) is 9.18 Å². The lowest BCUT2D eigenvalue weighted by Crippen LogP contribution is -2.17. The third kappa shape index (κ3) is 1.40. The zero-order valence-corrected chi connectivity index (χ0v) is 4.97. The summed E-state index contributed by atoms with van der Waals surface area (Å²) < 4.78 is 16.8. The Bertz CT molecular complexity index is 105. The van der Waals surface area contributed by atoms with E-state index in [1.165, 1.54) is 6.47 Å². The number of halogens is 1. The predicted molar refractivity (Wildman–Crippen MR) is 29.3 cm³/mol. The molecular weight excluding hydrogens is 123 g/mol. The van der Waals surface area contributed by atoms with Crippen LogP contribution in [0.1, 0.15) is 19.3 Å². The average Bonchev–Trinajstić information content (AvgIpc) is 2.18. The molecule has 2 atom stereocenters. The Balaban J connectivity index is 2.30. The Morgan fingerprint density at radius 3 is 2.78 bits per heavy atom. The van der Waals surface area contributed by atoms with E-state index in [1.54, 1.807) is 0 Å². The van der Waals surface area contributed by atoms with Crippen LogP contribution in [0.3, 0.4) is 0 Å². The van der Waals surface area contributed by atoms with E-state index in [-0.39, 0.29) is 0 Å². The minimum Gasteiger partial charge on any atom is -0.451 e. The smallest absolute Gasteiger partial charge is 0.417 e. The molecule has 51 valence electrons. The number of alkyl halides is 1. The van der Waals surface area contributed by atoms with E-state index in [1.807, 2.05) is 0 Å². The molecule has 1 saturated carbocycles. The van der Waals surface area contributed by atoms with Crippen LogP contribution in [0, 0.1) is 0 Å². The lowest BCUT2D eigenvalue weighted by Gasteiger charge is -2.07. The summed E-state index contributed by atoms with van der Waals surface area (Å²) in [5, 5.41) is 0. The van der Waals surface area contributed by atoms with Crippen molar-refractivity contribution in [3.05, 3.63) is 0 Å². The third-order valence-electron chi connectivity index (χ3n) is 1.57. The quantitative estimate of drug-likeness (QED) is 0.558. The van der Waals surface area contributed by atoms with E-state index in [0.29, 0.717) is 12.8 Å². The second kappa shape index (κ2) is 2.80. The van der Waals surface area contributed by atoms with Gasteiger partial charge < -0.3 is 4.74 Å². The first-order valence-electron chi connectivity index (χ1n) is 3.01. The van der Waals surface area contributed by atoms with Gasteiger partial charge >= 0.3 is 6.47 Å². The first-order valence-corrected chi connectivity index (χ1v) is 3.01. The molecule has 1 aliphatic carbocycles. The van der Waals surface area contributed by atoms with Crippen LogP contribution >= 0.6 is 0 Å². The van der Waals surface area contributed by atoms with Crippen LogP contribution in [0.5, 0.6) is 0 Å². The Morgan fingerprint density at radius 2 is 2.33 bits per heavy atom. The second-order valence-electron chi connectivity index (χ2n) is 2.19. The van der Waals surface area contributed by atoms with E-state index in [0.717, 1.165) is 6.42 Å². The van der Waals surface area contributed by atoms with Gasteiger partial charge in [0.25, 0.3) is 0 Å². The Morgan fingerprint density at radius 1 is 1.56 bits per heavy atom. The Labute approximate surface area is 53.0 Å². The van der Waals surface area contributed by atoms with Crippen LogP contribution in [-0.2, 0) is 9.53 Å². The zero-order valence-electron chi connectivity index (χ0n) is 4.97. The van der Waals surface area contributed by atoms with Gasteiger partial charge in [-0.15, -0.1) is 0 Å². The minimum atomic E-state index is -0.952. The van der Waals surface area contributed by atoms with Gasteiger partial charge in [0.2, 0.25) is 0 Å². The fourth-order valence-corrected chi connectivity index (χ4v) is 1.08. The molecule has 0 N–H and O–H groups in total. The zero-order chi connectivity index (χ0) is 6.69. The Hall–Kier alpha value is -0.600. The minimum absolute atomic E-state index is 0.512. The maximum Gasteiger partial charge on any atom is 0.417 e. The molecule has 0 bridgehead atoms. The lowest BCUT2D eigenvalue weighted by molar-refractivity contribution is 0.109. The molecule has 1 aliphatic rings. The van der Waals surface area contributed by atoms with Gasteiger partial charge in [-0.3, -0.25) is 0 Å². The summed E-state index contributed by atoms with van der Waals surface area (Å²) in [4.78, 5) is 9.59. The summed E-state index contributed by atoms with van der Waals surface area (Å²) in [7, 11) is 0. The molecule has 1 radical (unpaired) electrons. The lowest BCUT2D eigenvalue weighted by atomic mass is 10.3. The molecule has 3 heteroatoms. The van der Waals surface area contributed by atoms with Gasteiger partial charge in [0.15, 0.2) is 0 Å². The van der Waals surface area contributed by atoms with Crippen molar-refractivity contribution in [3.63, 3.8) is 0 Å². The van der Waals surface area contributed by atoms with Crippen molar-refractivity contribution in [3.8, 4) is 0 Å². The highest BCUT2D eigenvalue weighted by atomic mass is 19.1. The van der Waals surface area contributed by atoms with Gasteiger partial charge in [0, 0.05) is 0 Å². The van der Waals surface area contributed by atoms with Crippen molar-refractivity contribution < 1.29 is 13.9 Å².